The summed E-state index contributed by atoms with van der Waals surface area (Å²) in [4.78, 5) is 1.44. The van der Waals surface area contributed by atoms with Crippen LogP contribution in [-0.2, 0) is 6.42 Å². The maximum atomic E-state index is 2.50. The number of rotatable bonds is 2. The molecule has 0 radical (unpaired) electrons. The molecule has 0 bridgehead atoms. The summed E-state index contributed by atoms with van der Waals surface area (Å²) in [5.41, 5.74) is 6.70. The molecule has 0 nitrogen and oxygen atoms in total. The van der Waals surface area contributed by atoms with Gasteiger partial charge in [-0.3, -0.25) is 0 Å². The molecule has 8 aromatic carbocycles. The second-order valence-electron chi connectivity index (χ2n) is 13.1. The highest BCUT2D eigenvalue weighted by molar-refractivity contribution is 7.28. The molecular weight excluding hydrogens is 617 g/mol. The first-order valence-corrected chi connectivity index (χ1v) is 18.4. The fraction of sp³-hybridized carbons (Fsp3) is 0.0435. The van der Waals surface area contributed by atoms with Crippen molar-refractivity contribution in [3.05, 3.63) is 150 Å². The van der Waals surface area contributed by atoms with Crippen molar-refractivity contribution in [2.45, 2.75) is 12.8 Å². The lowest BCUT2D eigenvalue weighted by Crippen LogP contribution is -1.91. The number of fused-ring (bicyclic) bond motifs is 13. The van der Waals surface area contributed by atoms with Crippen molar-refractivity contribution in [1.29, 1.82) is 0 Å². The van der Waals surface area contributed by atoms with Crippen molar-refractivity contribution < 1.29 is 0 Å². The van der Waals surface area contributed by atoms with Crippen LogP contribution in [0.15, 0.2) is 140 Å². The van der Waals surface area contributed by atoms with E-state index < -0.39 is 0 Å². The SMILES string of the molecule is C1=Cc2sc3c4ccccc4c4c5cc(-c6c7ccccc7c(-c7ccc8ccccc8c7)c7ccccc67)ccc5sc4c3c2CC1. The van der Waals surface area contributed by atoms with Crippen LogP contribution in [0.3, 0.4) is 0 Å². The Kier molecular flexibility index (Phi) is 5.63. The first-order chi connectivity index (χ1) is 23.8. The van der Waals surface area contributed by atoms with Crippen LogP contribution in [0.25, 0.3) is 102 Å². The van der Waals surface area contributed by atoms with Gasteiger partial charge in [-0.15, -0.1) is 22.7 Å². The molecule has 2 heterocycles. The zero-order valence-electron chi connectivity index (χ0n) is 26.1. The van der Waals surface area contributed by atoms with Gasteiger partial charge in [-0.2, -0.15) is 0 Å². The molecule has 0 amide bonds. The molecule has 0 N–H and O–H groups in total. The predicted molar refractivity (Wildman–Crippen MR) is 213 cm³/mol. The number of hydrogen-bond acceptors (Lipinski definition) is 2. The Morgan fingerprint density at radius 3 is 1.77 bits per heavy atom. The van der Waals surface area contributed by atoms with Crippen LogP contribution in [0.2, 0.25) is 0 Å². The fourth-order valence-corrected chi connectivity index (χ4v) is 11.1. The number of benzene rings is 8. The van der Waals surface area contributed by atoms with Gasteiger partial charge in [-0.25, -0.2) is 0 Å². The van der Waals surface area contributed by atoms with E-state index >= 15 is 0 Å². The van der Waals surface area contributed by atoms with Gasteiger partial charge in [0.25, 0.3) is 0 Å². The van der Waals surface area contributed by atoms with Crippen molar-refractivity contribution in [1.82, 2.24) is 0 Å². The molecule has 0 fully saturated rings. The minimum absolute atomic E-state index is 1.12. The Hall–Kier alpha value is -5.28. The quantitative estimate of drug-likeness (QED) is 0.164. The zero-order valence-corrected chi connectivity index (χ0v) is 27.7. The molecule has 48 heavy (non-hydrogen) atoms. The summed E-state index contributed by atoms with van der Waals surface area (Å²) in [6.07, 6.45) is 6.94. The Balaban J connectivity index is 1.24. The lowest BCUT2D eigenvalue weighted by Gasteiger charge is -2.18. The van der Waals surface area contributed by atoms with Gasteiger partial charge in [-0.05, 0) is 103 Å². The highest BCUT2D eigenvalue weighted by Gasteiger charge is 2.23. The Bertz CT molecular complexity index is 2950. The van der Waals surface area contributed by atoms with E-state index in [-0.39, 0.29) is 0 Å². The van der Waals surface area contributed by atoms with Crippen LogP contribution in [-0.4, -0.2) is 0 Å². The molecule has 224 valence electrons. The minimum atomic E-state index is 1.12. The summed E-state index contributed by atoms with van der Waals surface area (Å²) < 4.78 is 4.26. The van der Waals surface area contributed by atoms with Crippen LogP contribution in [0.1, 0.15) is 16.9 Å². The van der Waals surface area contributed by atoms with Gasteiger partial charge >= 0.3 is 0 Å². The van der Waals surface area contributed by atoms with E-state index in [9.17, 15) is 0 Å². The zero-order chi connectivity index (χ0) is 31.3. The van der Waals surface area contributed by atoms with Crippen molar-refractivity contribution in [3.63, 3.8) is 0 Å². The second-order valence-corrected chi connectivity index (χ2v) is 15.2. The van der Waals surface area contributed by atoms with E-state index in [1.807, 2.05) is 22.7 Å². The summed E-state index contributed by atoms with van der Waals surface area (Å²) in [5.74, 6) is 0. The Labute approximate surface area is 285 Å². The minimum Gasteiger partial charge on any atom is -0.135 e. The first kappa shape index (κ1) is 26.8. The number of hydrogen-bond donors (Lipinski definition) is 0. The standard InChI is InChI=1S/C46H28S2/c1-2-12-28-25-29(22-21-27(28)11-1)41-31-13-3-5-15-33(31)42(34-16-6-4-14-32(34)41)30-23-24-40-38(26-30)43-35-17-7-8-18-36(35)45-44(46(43)48-40)37-19-9-10-20-39(37)47-45/h1-8,10-18,20-26H,9,19H2. The van der Waals surface area contributed by atoms with Crippen molar-refractivity contribution in [2.75, 3.05) is 0 Å². The molecule has 11 rings (SSSR count). The molecule has 0 aliphatic heterocycles. The molecule has 2 heteroatoms. The van der Waals surface area contributed by atoms with E-state index in [0.29, 0.717) is 0 Å². The van der Waals surface area contributed by atoms with Crippen LogP contribution in [0, 0.1) is 0 Å². The molecule has 0 atom stereocenters. The molecular formula is C46H28S2. The third-order valence-corrected chi connectivity index (χ3v) is 12.9. The highest BCUT2D eigenvalue weighted by atomic mass is 32.1. The Morgan fingerprint density at radius 1 is 0.438 bits per heavy atom. The molecule has 1 aliphatic rings. The molecule has 0 spiro atoms. The lowest BCUT2D eigenvalue weighted by atomic mass is 9.85. The summed E-state index contributed by atoms with van der Waals surface area (Å²) in [7, 11) is 0. The maximum absolute atomic E-state index is 2.50. The maximum Gasteiger partial charge on any atom is 0.0451 e. The van der Waals surface area contributed by atoms with Gasteiger partial charge < -0.3 is 0 Å². The van der Waals surface area contributed by atoms with Gasteiger partial charge in [0.2, 0.25) is 0 Å². The van der Waals surface area contributed by atoms with Gasteiger partial charge in [0, 0.05) is 40.5 Å². The summed E-state index contributed by atoms with van der Waals surface area (Å²) in [6, 6.07) is 50.0. The lowest BCUT2D eigenvalue weighted by molar-refractivity contribution is 1.01. The highest BCUT2D eigenvalue weighted by Crippen LogP contribution is 2.51. The van der Waals surface area contributed by atoms with Gasteiger partial charge in [0.1, 0.15) is 0 Å². The molecule has 1 aliphatic carbocycles. The third-order valence-electron chi connectivity index (χ3n) is 10.5. The fourth-order valence-electron chi connectivity index (χ4n) is 8.40. The van der Waals surface area contributed by atoms with E-state index in [1.165, 1.54) is 100 Å². The Morgan fingerprint density at radius 2 is 1.04 bits per heavy atom. The molecule has 0 unspecified atom stereocenters. The number of allylic oxidation sites excluding steroid dienone is 1. The van der Waals surface area contributed by atoms with E-state index in [1.54, 1.807) is 5.56 Å². The van der Waals surface area contributed by atoms with Gasteiger partial charge in [-0.1, -0.05) is 121 Å². The summed E-state index contributed by atoms with van der Waals surface area (Å²) in [5, 5.41) is 14.7. The van der Waals surface area contributed by atoms with Crippen LogP contribution >= 0.6 is 22.7 Å². The van der Waals surface area contributed by atoms with Crippen molar-refractivity contribution in [2.24, 2.45) is 0 Å². The number of aryl methyl sites for hydroxylation is 1. The molecule has 2 aromatic heterocycles. The smallest absolute Gasteiger partial charge is 0.0451 e. The monoisotopic (exact) mass is 644 g/mol. The number of thiophene rings is 2. The van der Waals surface area contributed by atoms with Gasteiger partial charge in [0.15, 0.2) is 0 Å². The molecule has 0 saturated carbocycles. The second kappa shape index (κ2) is 10.1. The molecule has 0 saturated heterocycles. The van der Waals surface area contributed by atoms with E-state index in [0.717, 1.165) is 12.8 Å². The van der Waals surface area contributed by atoms with Crippen LogP contribution in [0.4, 0.5) is 0 Å². The van der Waals surface area contributed by atoms with E-state index in [2.05, 4.69) is 146 Å². The average Bonchev–Trinajstić information content (AvgIpc) is 3.73. The third kappa shape index (κ3) is 3.70. The normalized spacial score (nSPS) is 13.2. The first-order valence-electron chi connectivity index (χ1n) is 16.7. The van der Waals surface area contributed by atoms with Crippen molar-refractivity contribution >= 4 is 102 Å². The van der Waals surface area contributed by atoms with Gasteiger partial charge in [0.05, 0.1) is 0 Å². The average molecular weight is 645 g/mol. The summed E-state index contributed by atoms with van der Waals surface area (Å²) in [6.45, 7) is 0. The predicted octanol–water partition coefficient (Wildman–Crippen LogP) is 14.2. The largest absolute Gasteiger partial charge is 0.135 e. The topological polar surface area (TPSA) is 0 Å². The van der Waals surface area contributed by atoms with Crippen molar-refractivity contribution in [3.8, 4) is 22.3 Å². The molecule has 10 aromatic rings. The van der Waals surface area contributed by atoms with E-state index in [4.69, 9.17) is 0 Å². The van der Waals surface area contributed by atoms with Crippen LogP contribution < -0.4 is 0 Å². The van der Waals surface area contributed by atoms with Crippen LogP contribution in [0.5, 0.6) is 0 Å². The summed E-state index contributed by atoms with van der Waals surface area (Å²) >= 11 is 3.95.